The van der Waals surface area contributed by atoms with E-state index in [1.807, 2.05) is 0 Å². The van der Waals surface area contributed by atoms with Gasteiger partial charge in [-0.25, -0.2) is 8.42 Å². The monoisotopic (exact) mass is 286 g/mol. The number of hydrogen-bond acceptors (Lipinski definition) is 4. The second-order valence-electron chi connectivity index (χ2n) is 5.32. The molecule has 6 nitrogen and oxygen atoms in total. The van der Waals surface area contributed by atoms with Gasteiger partial charge < -0.3 is 5.73 Å². The molecule has 0 aliphatic heterocycles. The molecule has 0 amide bonds. The molecule has 7 heteroatoms. The summed E-state index contributed by atoms with van der Waals surface area (Å²) in [7, 11) is -1.90. The van der Waals surface area contributed by atoms with E-state index < -0.39 is 15.6 Å². The molecule has 1 aromatic rings. The first-order valence-corrected chi connectivity index (χ1v) is 8.07. The van der Waals surface area contributed by atoms with Crippen LogP contribution in [0.4, 0.5) is 0 Å². The normalized spacial score (nSPS) is 19.8. The highest BCUT2D eigenvalue weighted by molar-refractivity contribution is 7.89. The zero-order valence-electron chi connectivity index (χ0n) is 11.5. The molecule has 0 radical (unpaired) electrons. The minimum atomic E-state index is -3.54. The van der Waals surface area contributed by atoms with Crippen LogP contribution in [0, 0.1) is 6.92 Å². The van der Waals surface area contributed by atoms with Gasteiger partial charge >= 0.3 is 0 Å². The number of aromatic nitrogens is 2. The van der Waals surface area contributed by atoms with E-state index in [9.17, 15) is 8.42 Å². The van der Waals surface area contributed by atoms with Crippen molar-refractivity contribution in [2.45, 2.75) is 49.5 Å². The molecule has 1 aromatic heterocycles. The zero-order chi connectivity index (χ0) is 14.1. The molecule has 0 spiro atoms. The summed E-state index contributed by atoms with van der Waals surface area (Å²) in [5.74, 6) is 0. The highest BCUT2D eigenvalue weighted by atomic mass is 32.2. The van der Waals surface area contributed by atoms with Gasteiger partial charge in [0.15, 0.2) is 0 Å². The molecule has 0 bridgehead atoms. The fourth-order valence-corrected chi connectivity index (χ4v) is 4.54. The lowest BCUT2D eigenvalue weighted by Gasteiger charge is -2.42. The summed E-state index contributed by atoms with van der Waals surface area (Å²) in [6, 6.07) is 0. The van der Waals surface area contributed by atoms with Crippen molar-refractivity contribution >= 4 is 10.0 Å². The molecule has 3 N–H and O–H groups in total. The first-order chi connectivity index (χ1) is 8.94. The van der Waals surface area contributed by atoms with Gasteiger partial charge in [-0.2, -0.15) is 9.40 Å². The average molecular weight is 286 g/mol. The number of rotatable bonds is 4. The molecule has 19 heavy (non-hydrogen) atoms. The van der Waals surface area contributed by atoms with E-state index in [1.54, 1.807) is 14.0 Å². The third-order valence-corrected chi connectivity index (χ3v) is 6.33. The van der Waals surface area contributed by atoms with Crippen LogP contribution in [0.25, 0.3) is 0 Å². The number of aromatic amines is 1. The van der Waals surface area contributed by atoms with Crippen molar-refractivity contribution in [3.05, 3.63) is 11.9 Å². The summed E-state index contributed by atoms with van der Waals surface area (Å²) in [5.41, 5.74) is 6.02. The van der Waals surface area contributed by atoms with E-state index in [0.717, 1.165) is 32.1 Å². The number of nitrogens with two attached hydrogens (primary N) is 1. The summed E-state index contributed by atoms with van der Waals surface area (Å²) in [6.07, 6.45) is 6.24. The SMILES string of the molecule is Cc1[nH]ncc1S(=O)(=O)N(C)C1(CN)CCCCC1. The van der Waals surface area contributed by atoms with Crippen molar-refractivity contribution in [3.8, 4) is 0 Å². The van der Waals surface area contributed by atoms with E-state index >= 15 is 0 Å². The van der Waals surface area contributed by atoms with Crippen molar-refractivity contribution < 1.29 is 8.42 Å². The smallest absolute Gasteiger partial charge is 0.246 e. The van der Waals surface area contributed by atoms with E-state index in [0.29, 0.717) is 12.2 Å². The second kappa shape index (κ2) is 5.22. The van der Waals surface area contributed by atoms with E-state index in [2.05, 4.69) is 10.2 Å². The first kappa shape index (κ1) is 14.5. The summed E-state index contributed by atoms with van der Waals surface area (Å²) in [5, 5.41) is 6.48. The van der Waals surface area contributed by atoms with Crippen LogP contribution in [-0.4, -0.2) is 42.1 Å². The second-order valence-corrected chi connectivity index (χ2v) is 7.26. The lowest BCUT2D eigenvalue weighted by Crippen LogP contribution is -2.55. The number of nitrogens with one attached hydrogen (secondary N) is 1. The van der Waals surface area contributed by atoms with Crippen LogP contribution in [0.5, 0.6) is 0 Å². The van der Waals surface area contributed by atoms with E-state index in [-0.39, 0.29) is 4.90 Å². The molecule has 108 valence electrons. The Bertz CT molecular complexity index is 532. The van der Waals surface area contributed by atoms with Gasteiger partial charge in [0.1, 0.15) is 4.90 Å². The van der Waals surface area contributed by atoms with Crippen molar-refractivity contribution in [2.24, 2.45) is 5.73 Å². The highest BCUT2D eigenvalue weighted by Gasteiger charge is 2.42. The number of likely N-dealkylation sites (N-methyl/N-ethyl adjacent to an activating group) is 1. The fraction of sp³-hybridized carbons (Fsp3) is 0.750. The standard InChI is InChI=1S/C12H22N4O2S/c1-10-11(8-14-15-10)19(17,18)16(2)12(9-13)6-4-3-5-7-12/h8H,3-7,9,13H2,1-2H3,(H,14,15). The minimum absolute atomic E-state index is 0.244. The Morgan fingerprint density at radius 3 is 2.53 bits per heavy atom. The van der Waals surface area contributed by atoms with Crippen molar-refractivity contribution in [2.75, 3.05) is 13.6 Å². The van der Waals surface area contributed by atoms with Gasteiger partial charge in [-0.3, -0.25) is 5.10 Å². The van der Waals surface area contributed by atoms with Crippen LogP contribution in [0.3, 0.4) is 0 Å². The van der Waals surface area contributed by atoms with Crippen LogP contribution in [0.2, 0.25) is 0 Å². The zero-order valence-corrected chi connectivity index (χ0v) is 12.3. The molecule has 1 fully saturated rings. The summed E-state index contributed by atoms with van der Waals surface area (Å²) in [6.45, 7) is 2.07. The van der Waals surface area contributed by atoms with E-state index in [4.69, 9.17) is 5.73 Å². The van der Waals surface area contributed by atoms with Gasteiger partial charge in [-0.1, -0.05) is 19.3 Å². The number of H-pyrrole nitrogens is 1. The van der Waals surface area contributed by atoms with Crippen molar-refractivity contribution in [1.29, 1.82) is 0 Å². The lowest BCUT2D eigenvalue weighted by atomic mass is 9.82. The maximum atomic E-state index is 12.7. The molecular weight excluding hydrogens is 264 g/mol. The molecule has 1 saturated carbocycles. The topological polar surface area (TPSA) is 92.1 Å². The maximum Gasteiger partial charge on any atom is 0.246 e. The summed E-state index contributed by atoms with van der Waals surface area (Å²) >= 11 is 0. The van der Waals surface area contributed by atoms with Crippen LogP contribution in [0.1, 0.15) is 37.8 Å². The quantitative estimate of drug-likeness (QED) is 0.863. The van der Waals surface area contributed by atoms with E-state index in [1.165, 1.54) is 10.5 Å². The Morgan fingerprint density at radius 2 is 2.05 bits per heavy atom. The third kappa shape index (κ3) is 2.42. The number of sulfonamides is 1. The fourth-order valence-electron chi connectivity index (χ4n) is 2.86. The predicted octanol–water partition coefficient (Wildman–Crippen LogP) is 1.00. The van der Waals surface area contributed by atoms with Gasteiger partial charge in [0.05, 0.1) is 11.9 Å². The van der Waals surface area contributed by atoms with Crippen LogP contribution in [0.15, 0.2) is 11.1 Å². The van der Waals surface area contributed by atoms with Gasteiger partial charge in [0, 0.05) is 19.1 Å². The largest absolute Gasteiger partial charge is 0.329 e. The predicted molar refractivity (Wildman–Crippen MR) is 73.1 cm³/mol. The molecule has 0 atom stereocenters. The van der Waals surface area contributed by atoms with Gasteiger partial charge in [0.25, 0.3) is 0 Å². The van der Waals surface area contributed by atoms with Crippen molar-refractivity contribution in [3.63, 3.8) is 0 Å². The van der Waals surface area contributed by atoms with Crippen molar-refractivity contribution in [1.82, 2.24) is 14.5 Å². The number of nitrogens with zero attached hydrogens (tertiary/aromatic N) is 2. The Kier molecular flexibility index (Phi) is 3.98. The maximum absolute atomic E-state index is 12.7. The van der Waals surface area contributed by atoms with Gasteiger partial charge in [0.2, 0.25) is 10.0 Å². The molecule has 1 aliphatic carbocycles. The Hall–Kier alpha value is -0.920. The summed E-state index contributed by atoms with van der Waals surface area (Å²) in [4.78, 5) is 0.244. The molecule has 2 rings (SSSR count). The molecule has 0 unspecified atom stereocenters. The van der Waals surface area contributed by atoms with Gasteiger partial charge in [-0.05, 0) is 19.8 Å². The first-order valence-electron chi connectivity index (χ1n) is 6.63. The Balaban J connectivity index is 2.37. The van der Waals surface area contributed by atoms with Crippen LogP contribution >= 0.6 is 0 Å². The third-order valence-electron chi connectivity index (χ3n) is 4.25. The Labute approximate surface area is 114 Å². The summed E-state index contributed by atoms with van der Waals surface area (Å²) < 4.78 is 26.8. The van der Waals surface area contributed by atoms with Crippen LogP contribution in [-0.2, 0) is 10.0 Å². The lowest BCUT2D eigenvalue weighted by molar-refractivity contribution is 0.159. The Morgan fingerprint density at radius 1 is 1.42 bits per heavy atom. The highest BCUT2D eigenvalue weighted by Crippen LogP contribution is 2.35. The van der Waals surface area contributed by atoms with Crippen LogP contribution < -0.4 is 5.73 Å². The minimum Gasteiger partial charge on any atom is -0.329 e. The molecule has 1 heterocycles. The number of hydrogen-bond donors (Lipinski definition) is 2. The molecule has 0 aromatic carbocycles. The number of aryl methyl sites for hydroxylation is 1. The van der Waals surface area contributed by atoms with Gasteiger partial charge in [-0.15, -0.1) is 0 Å². The molecule has 0 saturated heterocycles. The average Bonchev–Trinajstić information content (AvgIpc) is 2.85. The molecule has 1 aliphatic rings. The molecular formula is C12H22N4O2S.